The monoisotopic (exact) mass is 273 g/mol. The Morgan fingerprint density at radius 1 is 1.30 bits per heavy atom. The van der Waals surface area contributed by atoms with Crippen LogP contribution in [0.3, 0.4) is 0 Å². The van der Waals surface area contributed by atoms with Crippen LogP contribution in [-0.2, 0) is 11.3 Å². The van der Waals surface area contributed by atoms with Crippen LogP contribution in [0.2, 0.25) is 0 Å². The first kappa shape index (κ1) is 13.5. The molecule has 0 atom stereocenters. The van der Waals surface area contributed by atoms with Crippen LogP contribution in [0.15, 0.2) is 48.8 Å². The molecule has 7 nitrogen and oxygen atoms in total. The zero-order valence-electron chi connectivity index (χ0n) is 10.4. The number of hydrogen-bond donors (Lipinski definition) is 1. The van der Waals surface area contributed by atoms with Crippen LogP contribution >= 0.6 is 0 Å². The van der Waals surface area contributed by atoms with Gasteiger partial charge >= 0.3 is 6.09 Å². The number of benzene rings is 1. The lowest BCUT2D eigenvalue weighted by molar-refractivity contribution is -0.384. The molecule has 0 spiro atoms. The molecular formula is C13H11N3O4. The standard InChI is InChI=1S/C13H11N3O4/c17-13(15-11-2-1-7-14-8-11)20-9-10-3-5-12(6-4-10)16(18)19/h1-8H,9H2,(H,15,17). The molecule has 1 aromatic heterocycles. The Balaban J connectivity index is 1.85. The highest BCUT2D eigenvalue weighted by molar-refractivity contribution is 5.84. The lowest BCUT2D eigenvalue weighted by Crippen LogP contribution is -2.13. The number of hydrogen-bond acceptors (Lipinski definition) is 5. The summed E-state index contributed by atoms with van der Waals surface area (Å²) in [7, 11) is 0. The minimum absolute atomic E-state index is 0.00596. The quantitative estimate of drug-likeness (QED) is 0.682. The minimum atomic E-state index is -0.614. The number of nitrogens with one attached hydrogen (secondary N) is 1. The maximum absolute atomic E-state index is 11.5. The highest BCUT2D eigenvalue weighted by Crippen LogP contribution is 2.13. The molecule has 1 aromatic carbocycles. The van der Waals surface area contributed by atoms with Gasteiger partial charge < -0.3 is 4.74 Å². The summed E-state index contributed by atoms with van der Waals surface area (Å²) >= 11 is 0. The van der Waals surface area contributed by atoms with Gasteiger partial charge in [-0.1, -0.05) is 0 Å². The van der Waals surface area contributed by atoms with E-state index in [4.69, 9.17) is 4.74 Å². The van der Waals surface area contributed by atoms with Crippen LogP contribution in [0.5, 0.6) is 0 Å². The maximum atomic E-state index is 11.5. The molecule has 1 heterocycles. The zero-order valence-corrected chi connectivity index (χ0v) is 10.4. The second kappa shape index (κ2) is 6.28. The van der Waals surface area contributed by atoms with Gasteiger partial charge in [0.15, 0.2) is 0 Å². The molecule has 1 N–H and O–H groups in total. The van der Waals surface area contributed by atoms with Gasteiger partial charge in [0.1, 0.15) is 6.61 Å². The van der Waals surface area contributed by atoms with Crippen molar-refractivity contribution in [2.75, 3.05) is 5.32 Å². The number of carbonyl (C=O) groups excluding carboxylic acids is 1. The van der Waals surface area contributed by atoms with Crippen molar-refractivity contribution in [3.63, 3.8) is 0 Å². The van der Waals surface area contributed by atoms with Crippen molar-refractivity contribution in [2.24, 2.45) is 0 Å². The number of ether oxygens (including phenoxy) is 1. The van der Waals surface area contributed by atoms with Crippen molar-refractivity contribution in [3.8, 4) is 0 Å². The van der Waals surface area contributed by atoms with E-state index in [-0.39, 0.29) is 12.3 Å². The third-order valence-electron chi connectivity index (χ3n) is 2.43. The van der Waals surface area contributed by atoms with Gasteiger partial charge in [0.25, 0.3) is 5.69 Å². The molecule has 1 amide bonds. The third kappa shape index (κ3) is 3.77. The second-order valence-electron chi connectivity index (χ2n) is 3.87. The fraction of sp³-hybridized carbons (Fsp3) is 0.0769. The highest BCUT2D eigenvalue weighted by atomic mass is 16.6. The molecule has 0 saturated heterocycles. The van der Waals surface area contributed by atoms with E-state index in [1.165, 1.54) is 30.5 Å². The predicted molar refractivity (Wildman–Crippen MR) is 71.1 cm³/mol. The molecule has 0 aliphatic rings. The number of carbonyl (C=O) groups is 1. The first-order chi connectivity index (χ1) is 9.65. The molecular weight excluding hydrogens is 262 g/mol. The van der Waals surface area contributed by atoms with Gasteiger partial charge in [-0.15, -0.1) is 0 Å². The van der Waals surface area contributed by atoms with Crippen molar-refractivity contribution in [2.45, 2.75) is 6.61 Å². The average Bonchev–Trinajstić information content (AvgIpc) is 2.46. The number of nitrogens with zero attached hydrogens (tertiary/aromatic N) is 2. The molecule has 2 rings (SSSR count). The maximum Gasteiger partial charge on any atom is 0.412 e. The zero-order chi connectivity index (χ0) is 14.4. The van der Waals surface area contributed by atoms with E-state index in [1.54, 1.807) is 18.3 Å². The minimum Gasteiger partial charge on any atom is -0.444 e. The van der Waals surface area contributed by atoms with E-state index in [9.17, 15) is 14.9 Å². The summed E-state index contributed by atoms with van der Waals surface area (Å²) < 4.78 is 4.98. The van der Waals surface area contributed by atoms with E-state index in [2.05, 4.69) is 10.3 Å². The number of nitro benzene ring substituents is 1. The van der Waals surface area contributed by atoms with Gasteiger partial charge in [-0.2, -0.15) is 0 Å². The van der Waals surface area contributed by atoms with Crippen molar-refractivity contribution in [1.29, 1.82) is 0 Å². The lowest BCUT2D eigenvalue weighted by Gasteiger charge is -2.06. The van der Waals surface area contributed by atoms with Crippen LogP contribution in [0.1, 0.15) is 5.56 Å². The molecule has 0 aliphatic heterocycles. The molecule has 7 heteroatoms. The Labute approximate surface area is 114 Å². The third-order valence-corrected chi connectivity index (χ3v) is 2.43. The summed E-state index contributed by atoms with van der Waals surface area (Å²) in [6.45, 7) is 0.0318. The topological polar surface area (TPSA) is 94.4 Å². The molecule has 0 unspecified atom stereocenters. The van der Waals surface area contributed by atoms with Gasteiger partial charge in [0.2, 0.25) is 0 Å². The van der Waals surface area contributed by atoms with Gasteiger partial charge in [-0.3, -0.25) is 20.4 Å². The SMILES string of the molecule is O=C(Nc1cccnc1)OCc1ccc([N+](=O)[O-])cc1. The number of amides is 1. The normalized spacial score (nSPS) is 9.80. The van der Waals surface area contributed by atoms with Crippen molar-refractivity contribution >= 4 is 17.5 Å². The molecule has 0 aliphatic carbocycles. The van der Waals surface area contributed by atoms with E-state index in [0.29, 0.717) is 11.3 Å². The van der Waals surface area contributed by atoms with Gasteiger partial charge in [-0.25, -0.2) is 4.79 Å². The molecule has 0 bridgehead atoms. The number of rotatable bonds is 4. The van der Waals surface area contributed by atoms with Crippen LogP contribution < -0.4 is 5.32 Å². The van der Waals surface area contributed by atoms with Crippen molar-refractivity contribution < 1.29 is 14.5 Å². The molecule has 2 aromatic rings. The summed E-state index contributed by atoms with van der Waals surface area (Å²) in [6, 6.07) is 9.16. The number of anilines is 1. The number of pyridine rings is 1. The fourth-order valence-corrected chi connectivity index (χ4v) is 1.45. The summed E-state index contributed by atoms with van der Waals surface area (Å²) in [5.74, 6) is 0. The number of aromatic nitrogens is 1. The average molecular weight is 273 g/mol. The van der Waals surface area contributed by atoms with Gasteiger partial charge in [0.05, 0.1) is 16.8 Å². The largest absolute Gasteiger partial charge is 0.444 e. The first-order valence-electron chi connectivity index (χ1n) is 5.72. The molecule has 0 saturated carbocycles. The van der Waals surface area contributed by atoms with Crippen molar-refractivity contribution in [3.05, 3.63) is 64.5 Å². The van der Waals surface area contributed by atoms with E-state index in [0.717, 1.165) is 0 Å². The Kier molecular flexibility index (Phi) is 4.23. The fourth-order valence-electron chi connectivity index (χ4n) is 1.45. The molecule has 0 radical (unpaired) electrons. The summed E-state index contributed by atoms with van der Waals surface area (Å²) in [5.41, 5.74) is 1.19. The second-order valence-corrected chi connectivity index (χ2v) is 3.87. The van der Waals surface area contributed by atoms with Gasteiger partial charge in [0, 0.05) is 18.3 Å². The summed E-state index contributed by atoms with van der Waals surface area (Å²) in [6.07, 6.45) is 2.47. The predicted octanol–water partition coefficient (Wildman–Crippen LogP) is 2.74. The lowest BCUT2D eigenvalue weighted by atomic mass is 10.2. The van der Waals surface area contributed by atoms with E-state index >= 15 is 0 Å². The van der Waals surface area contributed by atoms with Crippen molar-refractivity contribution in [1.82, 2.24) is 4.98 Å². The molecule has 0 fully saturated rings. The van der Waals surface area contributed by atoms with Crippen LogP contribution in [0.4, 0.5) is 16.2 Å². The molecule has 20 heavy (non-hydrogen) atoms. The van der Waals surface area contributed by atoms with Crippen LogP contribution in [0, 0.1) is 10.1 Å². The highest BCUT2D eigenvalue weighted by Gasteiger charge is 2.06. The van der Waals surface area contributed by atoms with Gasteiger partial charge in [-0.05, 0) is 29.8 Å². The number of nitro groups is 1. The van der Waals surface area contributed by atoms with E-state index in [1.807, 2.05) is 0 Å². The van der Waals surface area contributed by atoms with Crippen LogP contribution in [-0.4, -0.2) is 16.0 Å². The van der Waals surface area contributed by atoms with E-state index < -0.39 is 11.0 Å². The Morgan fingerprint density at radius 3 is 2.65 bits per heavy atom. The number of non-ortho nitro benzene ring substituents is 1. The Bertz CT molecular complexity index is 599. The summed E-state index contributed by atoms with van der Waals surface area (Å²) in [4.78, 5) is 25.3. The van der Waals surface area contributed by atoms with Crippen LogP contribution in [0.25, 0.3) is 0 Å². The Hall–Kier alpha value is -2.96. The summed E-state index contributed by atoms with van der Waals surface area (Å²) in [5, 5.41) is 13.0. The Morgan fingerprint density at radius 2 is 2.05 bits per heavy atom. The molecule has 102 valence electrons. The first-order valence-corrected chi connectivity index (χ1v) is 5.72. The smallest absolute Gasteiger partial charge is 0.412 e.